The molecule has 0 bridgehead atoms. The molecule has 1 saturated heterocycles. The summed E-state index contributed by atoms with van der Waals surface area (Å²) in [6.07, 6.45) is 0. The fraction of sp³-hybridized carbons (Fsp3) is 0.217. The van der Waals surface area contributed by atoms with Gasteiger partial charge in [0.2, 0.25) is 5.91 Å². The lowest BCUT2D eigenvalue weighted by atomic mass is 9.99. The van der Waals surface area contributed by atoms with E-state index in [9.17, 15) is 9.59 Å². The molecule has 1 unspecified atom stereocenters. The molecule has 28 heavy (non-hydrogen) atoms. The predicted molar refractivity (Wildman–Crippen MR) is 114 cm³/mol. The Balaban J connectivity index is 1.83. The number of carbonyl (C=O) groups is 2. The van der Waals surface area contributed by atoms with Crippen LogP contribution in [0.4, 0.5) is 11.4 Å². The lowest BCUT2D eigenvalue weighted by Crippen LogP contribution is -2.56. The van der Waals surface area contributed by atoms with Crippen LogP contribution in [0.25, 0.3) is 0 Å². The van der Waals surface area contributed by atoms with Crippen LogP contribution in [0.3, 0.4) is 0 Å². The summed E-state index contributed by atoms with van der Waals surface area (Å²) in [5, 5.41) is 3.90. The summed E-state index contributed by atoms with van der Waals surface area (Å²) in [6.45, 7) is 6.01. The molecule has 142 valence electrons. The Labute approximate surface area is 169 Å². The van der Waals surface area contributed by atoms with E-state index in [1.54, 1.807) is 9.80 Å². The van der Waals surface area contributed by atoms with Gasteiger partial charge in [0.05, 0.1) is 0 Å². The molecular formula is C23H22N2O2S. The van der Waals surface area contributed by atoms with Gasteiger partial charge in [-0.25, -0.2) is 0 Å². The highest BCUT2D eigenvalue weighted by Gasteiger charge is 2.42. The standard InChI is InChI=1S/C23H22N2O2S/c1-15-8-9-20(17(3)12-15)25-21(26)13-24(19-7-5-4-6-16(19)2)23(27)22(25)18-10-11-28-14-18/h4-12,14,22H,13H2,1-3H3. The molecule has 1 aliphatic rings. The molecular weight excluding hydrogens is 368 g/mol. The summed E-state index contributed by atoms with van der Waals surface area (Å²) in [5.74, 6) is -0.154. The number of thiophene rings is 1. The number of para-hydroxylation sites is 1. The smallest absolute Gasteiger partial charge is 0.255 e. The van der Waals surface area contributed by atoms with Crippen molar-refractivity contribution in [2.45, 2.75) is 26.8 Å². The maximum Gasteiger partial charge on any atom is 0.255 e. The van der Waals surface area contributed by atoms with Gasteiger partial charge in [0.25, 0.3) is 5.91 Å². The number of piperazine rings is 1. The maximum absolute atomic E-state index is 13.6. The van der Waals surface area contributed by atoms with Gasteiger partial charge in [0.15, 0.2) is 0 Å². The van der Waals surface area contributed by atoms with Gasteiger partial charge in [0.1, 0.15) is 12.6 Å². The minimum Gasteiger partial charge on any atom is -0.301 e. The summed E-state index contributed by atoms with van der Waals surface area (Å²) < 4.78 is 0. The first-order valence-electron chi connectivity index (χ1n) is 9.26. The molecule has 2 aromatic carbocycles. The SMILES string of the molecule is Cc1ccc(N2C(=O)CN(c3ccccc3C)C(=O)C2c2ccsc2)c(C)c1. The fourth-order valence-electron chi connectivity index (χ4n) is 3.83. The lowest BCUT2D eigenvalue weighted by Gasteiger charge is -2.41. The molecule has 1 fully saturated rings. The molecule has 3 aromatic rings. The Hall–Kier alpha value is -2.92. The van der Waals surface area contributed by atoms with Crippen molar-refractivity contribution in [1.82, 2.24) is 0 Å². The van der Waals surface area contributed by atoms with Gasteiger partial charge in [-0.1, -0.05) is 35.9 Å². The Morgan fingerprint density at radius 1 is 0.929 bits per heavy atom. The van der Waals surface area contributed by atoms with Crippen molar-refractivity contribution >= 4 is 34.5 Å². The first-order chi connectivity index (χ1) is 13.5. The lowest BCUT2D eigenvalue weighted by molar-refractivity contribution is -0.128. The Morgan fingerprint density at radius 2 is 1.71 bits per heavy atom. The zero-order chi connectivity index (χ0) is 19.8. The van der Waals surface area contributed by atoms with Crippen molar-refractivity contribution in [2.24, 2.45) is 0 Å². The average Bonchev–Trinajstić information content (AvgIpc) is 3.18. The first-order valence-corrected chi connectivity index (χ1v) is 10.2. The van der Waals surface area contributed by atoms with Gasteiger partial charge in [-0.15, -0.1) is 0 Å². The van der Waals surface area contributed by atoms with E-state index in [1.165, 1.54) is 11.3 Å². The summed E-state index contributed by atoms with van der Waals surface area (Å²) in [6, 6.07) is 14.9. The molecule has 4 nitrogen and oxygen atoms in total. The van der Waals surface area contributed by atoms with Crippen LogP contribution in [0.2, 0.25) is 0 Å². The minimum atomic E-state index is -0.659. The second kappa shape index (κ2) is 7.24. The topological polar surface area (TPSA) is 40.6 Å². The number of carbonyl (C=O) groups excluding carboxylic acids is 2. The molecule has 2 amide bonds. The summed E-state index contributed by atoms with van der Waals surface area (Å²) in [7, 11) is 0. The number of hydrogen-bond donors (Lipinski definition) is 0. The van der Waals surface area contributed by atoms with E-state index < -0.39 is 6.04 Å². The van der Waals surface area contributed by atoms with E-state index in [0.29, 0.717) is 0 Å². The molecule has 0 radical (unpaired) electrons. The number of anilines is 2. The molecule has 1 aromatic heterocycles. The highest BCUT2D eigenvalue weighted by atomic mass is 32.1. The number of hydrogen-bond acceptors (Lipinski definition) is 3. The Morgan fingerprint density at radius 3 is 2.39 bits per heavy atom. The molecule has 2 heterocycles. The molecule has 0 N–H and O–H groups in total. The third kappa shape index (κ3) is 3.12. The highest BCUT2D eigenvalue weighted by Crippen LogP contribution is 2.37. The zero-order valence-electron chi connectivity index (χ0n) is 16.2. The third-order valence-corrected chi connectivity index (χ3v) is 5.90. The van der Waals surface area contributed by atoms with Crippen molar-refractivity contribution < 1.29 is 9.59 Å². The van der Waals surface area contributed by atoms with Crippen LogP contribution in [0.1, 0.15) is 28.3 Å². The van der Waals surface area contributed by atoms with Crippen LogP contribution >= 0.6 is 11.3 Å². The second-order valence-electron chi connectivity index (χ2n) is 7.22. The van der Waals surface area contributed by atoms with Crippen LogP contribution in [-0.4, -0.2) is 18.4 Å². The molecule has 0 aliphatic carbocycles. The highest BCUT2D eigenvalue weighted by molar-refractivity contribution is 7.08. The maximum atomic E-state index is 13.6. The molecule has 1 aliphatic heterocycles. The van der Waals surface area contributed by atoms with E-state index in [4.69, 9.17) is 0 Å². The van der Waals surface area contributed by atoms with Gasteiger partial charge in [0, 0.05) is 11.4 Å². The minimum absolute atomic E-state index is 0.0393. The molecule has 1 atom stereocenters. The Kier molecular flexibility index (Phi) is 4.77. The molecule has 0 spiro atoms. The van der Waals surface area contributed by atoms with Gasteiger partial charge in [-0.3, -0.25) is 14.5 Å². The quantitative estimate of drug-likeness (QED) is 0.645. The van der Waals surface area contributed by atoms with Gasteiger partial charge >= 0.3 is 0 Å². The monoisotopic (exact) mass is 390 g/mol. The van der Waals surface area contributed by atoms with Crippen LogP contribution in [-0.2, 0) is 9.59 Å². The number of aryl methyl sites for hydroxylation is 3. The summed E-state index contributed by atoms with van der Waals surface area (Å²) in [4.78, 5) is 30.2. The number of rotatable bonds is 3. The van der Waals surface area contributed by atoms with Crippen molar-refractivity contribution in [1.29, 1.82) is 0 Å². The van der Waals surface area contributed by atoms with Gasteiger partial charge in [-0.2, -0.15) is 11.3 Å². The predicted octanol–water partition coefficient (Wildman–Crippen LogP) is 4.79. The normalized spacial score (nSPS) is 17.3. The van der Waals surface area contributed by atoms with Crippen molar-refractivity contribution in [3.05, 3.63) is 81.5 Å². The number of amides is 2. The molecule has 5 heteroatoms. The Bertz CT molecular complexity index is 1040. The molecule has 4 rings (SSSR count). The number of benzene rings is 2. The van der Waals surface area contributed by atoms with Crippen LogP contribution in [0, 0.1) is 20.8 Å². The average molecular weight is 391 g/mol. The summed E-state index contributed by atoms with van der Waals surface area (Å²) in [5.41, 5.74) is 5.54. The van der Waals surface area contributed by atoms with E-state index in [-0.39, 0.29) is 18.4 Å². The van der Waals surface area contributed by atoms with Gasteiger partial charge < -0.3 is 4.90 Å². The van der Waals surface area contributed by atoms with Gasteiger partial charge in [-0.05, 0) is 66.4 Å². The van der Waals surface area contributed by atoms with Crippen molar-refractivity contribution in [3.8, 4) is 0 Å². The van der Waals surface area contributed by atoms with Crippen LogP contribution < -0.4 is 9.80 Å². The zero-order valence-corrected chi connectivity index (χ0v) is 17.0. The number of nitrogens with zero attached hydrogens (tertiary/aromatic N) is 2. The molecule has 0 saturated carbocycles. The van der Waals surface area contributed by atoms with E-state index in [0.717, 1.165) is 33.6 Å². The van der Waals surface area contributed by atoms with Crippen LogP contribution in [0.5, 0.6) is 0 Å². The van der Waals surface area contributed by atoms with Crippen molar-refractivity contribution in [3.63, 3.8) is 0 Å². The van der Waals surface area contributed by atoms with E-state index in [2.05, 4.69) is 0 Å². The third-order valence-electron chi connectivity index (χ3n) is 5.20. The van der Waals surface area contributed by atoms with E-state index in [1.807, 2.05) is 80.1 Å². The summed E-state index contributed by atoms with van der Waals surface area (Å²) >= 11 is 1.53. The van der Waals surface area contributed by atoms with E-state index >= 15 is 0 Å². The second-order valence-corrected chi connectivity index (χ2v) is 8.00. The largest absolute Gasteiger partial charge is 0.301 e. The van der Waals surface area contributed by atoms with Crippen molar-refractivity contribution in [2.75, 3.05) is 16.3 Å². The first kappa shape index (κ1) is 18.4. The fourth-order valence-corrected chi connectivity index (χ4v) is 4.51. The van der Waals surface area contributed by atoms with Crippen LogP contribution in [0.15, 0.2) is 59.3 Å².